The fraction of sp³-hybridized carbons (Fsp3) is 0.400. The lowest BCUT2D eigenvalue weighted by atomic mass is 10.2. The summed E-state index contributed by atoms with van der Waals surface area (Å²) >= 11 is 0. The molecule has 1 saturated heterocycles. The molecule has 0 amide bonds. The minimum absolute atomic E-state index is 0.0785. The molecule has 0 aromatic carbocycles. The lowest BCUT2D eigenvalue weighted by Crippen LogP contribution is -2.22. The van der Waals surface area contributed by atoms with Gasteiger partial charge in [-0.2, -0.15) is 0 Å². The van der Waals surface area contributed by atoms with E-state index < -0.39 is 11.9 Å². The number of ether oxygens (including phenoxy) is 2. The van der Waals surface area contributed by atoms with Crippen LogP contribution < -0.4 is 0 Å². The summed E-state index contributed by atoms with van der Waals surface area (Å²) in [7, 11) is 0. The Balaban J connectivity index is 2.39. The van der Waals surface area contributed by atoms with Gasteiger partial charge in [-0.15, -0.1) is 6.58 Å². The quantitative estimate of drug-likeness (QED) is 0.300. The second kappa shape index (κ2) is 5.31. The van der Waals surface area contributed by atoms with Crippen molar-refractivity contribution in [3.8, 4) is 0 Å². The number of carbonyl (C=O) groups excluding carboxylic acids is 1. The highest BCUT2D eigenvalue weighted by atomic mass is 16.6. The van der Waals surface area contributed by atoms with E-state index in [0.29, 0.717) is 13.0 Å². The number of rotatable bonds is 6. The van der Waals surface area contributed by atoms with Gasteiger partial charge in [-0.3, -0.25) is 0 Å². The van der Waals surface area contributed by atoms with Crippen molar-refractivity contribution in [2.24, 2.45) is 0 Å². The highest BCUT2D eigenvalue weighted by molar-refractivity contribution is 5.90. The van der Waals surface area contributed by atoms with Crippen molar-refractivity contribution < 1.29 is 24.2 Å². The number of carbonyl (C=O) groups is 2. The Labute approximate surface area is 87.0 Å². The molecule has 0 radical (unpaired) electrons. The van der Waals surface area contributed by atoms with Gasteiger partial charge < -0.3 is 14.6 Å². The van der Waals surface area contributed by atoms with E-state index in [1.807, 2.05) is 0 Å². The first-order chi connectivity index (χ1) is 7.13. The molecule has 1 fully saturated rings. The monoisotopic (exact) mass is 212 g/mol. The number of carboxylic acids is 1. The normalized spacial score (nSPS) is 20.9. The maximum Gasteiger partial charge on any atom is 0.331 e. The second-order valence-corrected chi connectivity index (χ2v) is 3.04. The topological polar surface area (TPSA) is 76.1 Å². The second-order valence-electron chi connectivity index (χ2n) is 3.04. The van der Waals surface area contributed by atoms with E-state index in [9.17, 15) is 9.59 Å². The molecule has 0 saturated carbocycles. The minimum Gasteiger partial charge on any atom is -0.478 e. The highest BCUT2D eigenvalue weighted by Gasteiger charge is 2.34. The molecule has 1 aliphatic rings. The number of hydrogen-bond donors (Lipinski definition) is 1. The number of esters is 1. The van der Waals surface area contributed by atoms with Crippen LogP contribution in [0.3, 0.4) is 0 Å². The summed E-state index contributed by atoms with van der Waals surface area (Å²) in [6.45, 7) is 4.10. The lowest BCUT2D eigenvalue weighted by Gasteiger charge is -2.11. The predicted octanol–water partition coefficient (Wildman–Crippen LogP) is 0.514. The van der Waals surface area contributed by atoms with E-state index in [1.165, 1.54) is 0 Å². The standard InChI is InChI=1S/C10H12O5/c1-2-3-7(8-6-14-8)15-10(13)5-4-9(11)12/h2,4-5,7-8H,1,3,6H2,(H,11,12)/b5-4-. The molecule has 0 bridgehead atoms. The average Bonchev–Trinajstić information content (AvgIpc) is 2.97. The number of aliphatic carboxylic acids is 1. The van der Waals surface area contributed by atoms with Gasteiger partial charge in [0.2, 0.25) is 0 Å². The van der Waals surface area contributed by atoms with Crippen molar-refractivity contribution >= 4 is 11.9 Å². The van der Waals surface area contributed by atoms with Crippen LogP contribution in [0.4, 0.5) is 0 Å². The molecular formula is C10H12O5. The molecule has 2 unspecified atom stereocenters. The summed E-state index contributed by atoms with van der Waals surface area (Å²) in [6.07, 6.45) is 3.29. The molecule has 1 aliphatic heterocycles. The lowest BCUT2D eigenvalue weighted by molar-refractivity contribution is -0.144. The van der Waals surface area contributed by atoms with Gasteiger partial charge in [-0.05, 0) is 0 Å². The molecule has 15 heavy (non-hydrogen) atoms. The van der Waals surface area contributed by atoms with E-state index in [-0.39, 0.29) is 12.2 Å². The van der Waals surface area contributed by atoms with Gasteiger partial charge in [0.25, 0.3) is 0 Å². The van der Waals surface area contributed by atoms with Crippen LogP contribution in [-0.2, 0) is 19.1 Å². The number of hydrogen-bond acceptors (Lipinski definition) is 4. The third-order valence-electron chi connectivity index (χ3n) is 1.80. The van der Waals surface area contributed by atoms with Crippen molar-refractivity contribution in [3.63, 3.8) is 0 Å². The van der Waals surface area contributed by atoms with E-state index in [0.717, 1.165) is 12.2 Å². The molecule has 0 aromatic rings. The van der Waals surface area contributed by atoms with Crippen molar-refractivity contribution in [2.75, 3.05) is 6.61 Å². The van der Waals surface area contributed by atoms with Crippen molar-refractivity contribution in [3.05, 3.63) is 24.8 Å². The molecule has 82 valence electrons. The van der Waals surface area contributed by atoms with E-state index >= 15 is 0 Å². The largest absolute Gasteiger partial charge is 0.478 e. The van der Waals surface area contributed by atoms with Gasteiger partial charge in [0.15, 0.2) is 0 Å². The van der Waals surface area contributed by atoms with Gasteiger partial charge >= 0.3 is 11.9 Å². The zero-order valence-corrected chi connectivity index (χ0v) is 8.09. The van der Waals surface area contributed by atoms with Crippen LogP contribution in [0.1, 0.15) is 6.42 Å². The summed E-state index contributed by atoms with van der Waals surface area (Å²) < 4.78 is 9.96. The van der Waals surface area contributed by atoms with Crippen LogP contribution in [0.25, 0.3) is 0 Å². The van der Waals surface area contributed by atoms with Crippen molar-refractivity contribution in [2.45, 2.75) is 18.6 Å². The van der Waals surface area contributed by atoms with Gasteiger partial charge in [-0.1, -0.05) is 6.08 Å². The third kappa shape index (κ3) is 4.42. The number of carboxylic acid groups (broad SMARTS) is 1. The van der Waals surface area contributed by atoms with E-state index in [2.05, 4.69) is 6.58 Å². The molecule has 0 aromatic heterocycles. The third-order valence-corrected chi connectivity index (χ3v) is 1.80. The molecular weight excluding hydrogens is 200 g/mol. The molecule has 1 rings (SSSR count). The average molecular weight is 212 g/mol. The first-order valence-electron chi connectivity index (χ1n) is 4.47. The predicted molar refractivity (Wildman–Crippen MR) is 51.2 cm³/mol. The summed E-state index contributed by atoms with van der Waals surface area (Å²) in [4.78, 5) is 21.2. The van der Waals surface area contributed by atoms with Gasteiger partial charge in [0.05, 0.1) is 6.61 Å². The molecule has 1 heterocycles. The molecule has 1 N–H and O–H groups in total. The van der Waals surface area contributed by atoms with Crippen LogP contribution in [-0.4, -0.2) is 35.9 Å². The molecule has 0 spiro atoms. The fourth-order valence-corrected chi connectivity index (χ4v) is 1.04. The molecule has 5 nitrogen and oxygen atoms in total. The molecule has 0 aliphatic carbocycles. The SMILES string of the molecule is C=CCC(OC(=O)/C=C\C(=O)O)C1CO1. The smallest absolute Gasteiger partial charge is 0.331 e. The minimum atomic E-state index is -1.19. The zero-order valence-electron chi connectivity index (χ0n) is 8.09. The Morgan fingerprint density at radius 2 is 2.27 bits per heavy atom. The summed E-state index contributed by atoms with van der Waals surface area (Å²) in [5, 5.41) is 8.29. The summed E-state index contributed by atoms with van der Waals surface area (Å²) in [5.74, 6) is -1.87. The zero-order chi connectivity index (χ0) is 11.3. The van der Waals surface area contributed by atoms with Gasteiger partial charge in [0.1, 0.15) is 12.2 Å². The Bertz CT molecular complexity index is 290. The maximum absolute atomic E-state index is 11.1. The Hall–Kier alpha value is -1.62. The van der Waals surface area contributed by atoms with Crippen LogP contribution >= 0.6 is 0 Å². The Kier molecular flexibility index (Phi) is 4.05. The van der Waals surface area contributed by atoms with Crippen LogP contribution in [0.15, 0.2) is 24.8 Å². The molecule has 5 heteroatoms. The van der Waals surface area contributed by atoms with Crippen LogP contribution in [0.2, 0.25) is 0 Å². The highest BCUT2D eigenvalue weighted by Crippen LogP contribution is 2.20. The molecule has 2 atom stereocenters. The Morgan fingerprint density at radius 1 is 1.60 bits per heavy atom. The summed E-state index contributed by atoms with van der Waals surface area (Å²) in [6, 6.07) is 0. The first-order valence-corrected chi connectivity index (χ1v) is 4.47. The number of epoxide rings is 1. The van der Waals surface area contributed by atoms with Crippen LogP contribution in [0, 0.1) is 0 Å². The van der Waals surface area contributed by atoms with Crippen LogP contribution in [0.5, 0.6) is 0 Å². The van der Waals surface area contributed by atoms with Crippen molar-refractivity contribution in [1.82, 2.24) is 0 Å². The van der Waals surface area contributed by atoms with Crippen molar-refractivity contribution in [1.29, 1.82) is 0 Å². The Morgan fingerprint density at radius 3 is 2.73 bits per heavy atom. The maximum atomic E-state index is 11.1. The fourth-order valence-electron chi connectivity index (χ4n) is 1.04. The summed E-state index contributed by atoms with van der Waals surface area (Å²) in [5.41, 5.74) is 0. The van der Waals surface area contributed by atoms with Gasteiger partial charge in [0, 0.05) is 18.6 Å². The van der Waals surface area contributed by atoms with E-state index in [1.54, 1.807) is 6.08 Å². The van der Waals surface area contributed by atoms with Gasteiger partial charge in [-0.25, -0.2) is 9.59 Å². The first kappa shape index (κ1) is 11.5. The van der Waals surface area contributed by atoms with E-state index in [4.69, 9.17) is 14.6 Å².